The fourth-order valence-corrected chi connectivity index (χ4v) is 0. The van der Waals surface area contributed by atoms with Crippen LogP contribution in [0.15, 0.2) is 0 Å². The van der Waals surface area contributed by atoms with E-state index in [1.54, 1.807) is 12.5 Å². The molecule has 0 aromatic rings. The topological polar surface area (TPSA) is 40.1 Å². The molecular weight excluding hydrogens is 171 g/mol. The van der Waals surface area contributed by atoms with Gasteiger partial charge in [-0.25, -0.2) is 0 Å². The molecule has 2 nitrogen and oxygen atoms in total. The van der Waals surface area contributed by atoms with E-state index in [2.05, 4.69) is 23.2 Å². The Kier molecular flexibility index (Phi) is 10.7. The molecule has 0 unspecified atom stereocenters. The molecule has 0 fully saturated rings. The highest BCUT2D eigenvalue weighted by Crippen LogP contribution is 1.84. The van der Waals surface area contributed by atoms with Crippen LogP contribution in [0.4, 0.5) is 4.79 Å². The molecule has 50 valence electrons. The van der Waals surface area contributed by atoms with Crippen molar-refractivity contribution in [2.45, 2.75) is 0 Å². The first-order valence-electron chi connectivity index (χ1n) is 1.57. The molecule has 0 saturated heterocycles. The summed E-state index contributed by atoms with van der Waals surface area (Å²) in [7, 11) is 0. The van der Waals surface area contributed by atoms with Crippen LogP contribution in [0.2, 0.25) is 0 Å². The summed E-state index contributed by atoms with van der Waals surface area (Å²) in [5.74, 6) is 0. The molecule has 0 aliphatic heterocycles. The van der Waals surface area contributed by atoms with Crippen molar-refractivity contribution in [3.05, 3.63) is 0 Å². The molecule has 0 amide bonds. The van der Waals surface area contributed by atoms with Crippen molar-refractivity contribution in [2.24, 2.45) is 0 Å². The number of carbonyl (C=O) groups excluding carboxylic acids is 1. The van der Waals surface area contributed by atoms with Gasteiger partial charge in [-0.05, 0) is 23.2 Å². The van der Waals surface area contributed by atoms with Crippen molar-refractivity contribution >= 4 is 39.1 Å². The molecule has 0 bridgehead atoms. The van der Waals surface area contributed by atoms with Gasteiger partial charge in [-0.15, -0.1) is 0 Å². The fourth-order valence-electron chi connectivity index (χ4n) is 0. The molecule has 0 atom stereocenters. The Bertz CT molecular complexity index is 59.5. The molecule has 0 N–H and O–H groups in total. The second-order valence-corrected chi connectivity index (χ2v) is 3.33. The second kappa shape index (κ2) is 7.56. The van der Waals surface area contributed by atoms with Gasteiger partial charge in [-0.2, -0.15) is 0 Å². The van der Waals surface area contributed by atoms with Gasteiger partial charge in [0.2, 0.25) is 0 Å². The molecule has 8 heavy (non-hydrogen) atoms. The normalized spacial score (nSPS) is 7.75. The molecule has 0 rings (SSSR count). The lowest BCUT2D eigenvalue weighted by atomic mass is 11.8. The zero-order valence-electron chi connectivity index (χ0n) is 4.48. The van der Waals surface area contributed by atoms with Crippen molar-refractivity contribution in [1.29, 1.82) is 0 Å². The summed E-state index contributed by atoms with van der Waals surface area (Å²) in [5, 5.41) is 0. The summed E-state index contributed by atoms with van der Waals surface area (Å²) >= 11 is 8.19. The second-order valence-electron chi connectivity index (χ2n) is 0.967. The van der Waals surface area contributed by atoms with Gasteiger partial charge in [0.1, 0.15) is 0 Å². The summed E-state index contributed by atoms with van der Waals surface area (Å²) in [6.07, 6.45) is 3.28. The van der Waals surface area contributed by atoms with Crippen LogP contribution in [0.1, 0.15) is 0 Å². The summed E-state index contributed by atoms with van der Waals surface area (Å²) in [6, 6.07) is 0. The first-order chi connectivity index (χ1) is 3.46. The highest BCUT2D eigenvalue weighted by Gasteiger charge is 1.72. The van der Waals surface area contributed by atoms with Gasteiger partial charge in [0.05, 0.1) is 12.5 Å². The Hall–Kier alpha value is 0.560. The minimum atomic E-state index is -0.889. The van der Waals surface area contributed by atoms with Crippen LogP contribution >= 0.6 is 23.2 Å². The third-order valence-corrected chi connectivity index (χ3v) is 0. The van der Waals surface area contributed by atoms with E-state index in [0.717, 1.165) is 0 Å². The van der Waals surface area contributed by atoms with E-state index < -0.39 is 15.9 Å². The number of rotatable bonds is 0. The van der Waals surface area contributed by atoms with Crippen molar-refractivity contribution in [1.82, 2.24) is 0 Å². The first-order valence-corrected chi connectivity index (χ1v) is 4.29. The maximum Gasteiger partial charge on any atom is 0.313 e. The average molecular weight is 177 g/mol. The standard InChI is InChI=1S/C2H6OS.CCl2O/c1-4(2)3;2-1(3)4/h1-2H3;. The predicted octanol–water partition coefficient (Wildman–Crippen LogP) is 1.58. The minimum Gasteiger partial charge on any atom is -0.617 e. The van der Waals surface area contributed by atoms with Gasteiger partial charge in [-0.1, -0.05) is 11.2 Å². The smallest absolute Gasteiger partial charge is 0.313 e. The van der Waals surface area contributed by atoms with Gasteiger partial charge in [0, 0.05) is 0 Å². The zero-order valence-corrected chi connectivity index (χ0v) is 6.81. The number of hydrogen-bond acceptors (Lipinski definition) is 2. The molecule has 0 spiro atoms. The Morgan fingerprint density at radius 2 is 1.50 bits per heavy atom. The van der Waals surface area contributed by atoms with E-state index in [1.165, 1.54) is 0 Å². The molecule has 0 radical (unpaired) electrons. The van der Waals surface area contributed by atoms with Crippen molar-refractivity contribution in [3.63, 3.8) is 0 Å². The van der Waals surface area contributed by atoms with Gasteiger partial charge >= 0.3 is 4.70 Å². The van der Waals surface area contributed by atoms with Crippen LogP contribution in [-0.2, 0) is 11.2 Å². The predicted molar refractivity (Wildman–Crippen MR) is 37.1 cm³/mol. The maximum absolute atomic E-state index is 9.56. The molecule has 0 aliphatic rings. The highest BCUT2D eigenvalue weighted by molar-refractivity contribution is 7.89. The van der Waals surface area contributed by atoms with Gasteiger partial charge in [-0.3, -0.25) is 4.79 Å². The van der Waals surface area contributed by atoms with Crippen LogP contribution in [0, 0.1) is 0 Å². The van der Waals surface area contributed by atoms with E-state index in [1.807, 2.05) is 0 Å². The van der Waals surface area contributed by atoms with E-state index in [9.17, 15) is 4.55 Å². The molecular formula is C3H6Cl2O2S. The molecule has 0 heterocycles. The maximum atomic E-state index is 9.56. The van der Waals surface area contributed by atoms with Crippen molar-refractivity contribution < 1.29 is 9.35 Å². The highest BCUT2D eigenvalue weighted by atomic mass is 35.5. The van der Waals surface area contributed by atoms with E-state index in [-0.39, 0.29) is 0 Å². The van der Waals surface area contributed by atoms with Crippen molar-refractivity contribution in [3.8, 4) is 0 Å². The molecule has 0 aliphatic carbocycles. The Morgan fingerprint density at radius 3 is 1.50 bits per heavy atom. The monoisotopic (exact) mass is 176 g/mol. The van der Waals surface area contributed by atoms with E-state index in [0.29, 0.717) is 0 Å². The lowest BCUT2D eigenvalue weighted by Crippen LogP contribution is -1.86. The summed E-state index contributed by atoms with van der Waals surface area (Å²) in [5.41, 5.74) is 0. The number of carbonyl (C=O) groups is 1. The molecule has 0 aromatic carbocycles. The van der Waals surface area contributed by atoms with Crippen LogP contribution < -0.4 is 0 Å². The summed E-state index contributed by atoms with van der Waals surface area (Å²) in [4.78, 5) is 8.98. The van der Waals surface area contributed by atoms with Gasteiger partial charge in [0.25, 0.3) is 0 Å². The lowest BCUT2D eigenvalue weighted by molar-refractivity contribution is 0.275. The quantitative estimate of drug-likeness (QED) is 0.416. The largest absolute Gasteiger partial charge is 0.617 e. The van der Waals surface area contributed by atoms with Gasteiger partial charge in [0.15, 0.2) is 0 Å². The van der Waals surface area contributed by atoms with Crippen LogP contribution in [0.3, 0.4) is 0 Å². The third-order valence-electron chi connectivity index (χ3n) is 0. The third kappa shape index (κ3) is 647. The summed E-state index contributed by atoms with van der Waals surface area (Å²) in [6.45, 7) is 0. The summed E-state index contributed by atoms with van der Waals surface area (Å²) < 4.78 is 8.67. The Labute approximate surface area is 61.3 Å². The Morgan fingerprint density at radius 1 is 1.50 bits per heavy atom. The first kappa shape index (κ1) is 11.4. The van der Waals surface area contributed by atoms with Crippen LogP contribution in [0.5, 0.6) is 0 Å². The zero-order chi connectivity index (χ0) is 7.15. The van der Waals surface area contributed by atoms with Gasteiger partial charge < -0.3 is 4.55 Å². The number of hydrogen-bond donors (Lipinski definition) is 0. The molecule has 0 saturated carbocycles. The van der Waals surface area contributed by atoms with E-state index in [4.69, 9.17) is 4.79 Å². The minimum absolute atomic E-state index is 0.611. The van der Waals surface area contributed by atoms with Crippen LogP contribution in [-0.4, -0.2) is 21.8 Å². The Balaban J connectivity index is 0. The van der Waals surface area contributed by atoms with E-state index >= 15 is 0 Å². The lowest BCUT2D eigenvalue weighted by Gasteiger charge is -1.87. The molecule has 0 aromatic heterocycles. The number of halogens is 2. The molecule has 5 heteroatoms. The fraction of sp³-hybridized carbons (Fsp3) is 0.667. The van der Waals surface area contributed by atoms with Crippen LogP contribution in [0.25, 0.3) is 0 Å². The SMILES string of the molecule is C[S+](C)[O-].O=C(Cl)Cl. The average Bonchev–Trinajstić information content (AvgIpc) is 1.25. The van der Waals surface area contributed by atoms with Crippen molar-refractivity contribution in [2.75, 3.05) is 12.5 Å².